The van der Waals surface area contributed by atoms with Gasteiger partial charge in [0.1, 0.15) is 0 Å². The fourth-order valence-corrected chi connectivity index (χ4v) is 3.75. The van der Waals surface area contributed by atoms with Crippen LogP contribution >= 0.6 is 11.6 Å². The number of carbonyl (C=O) groups is 1. The van der Waals surface area contributed by atoms with Gasteiger partial charge in [0.2, 0.25) is 0 Å². The maximum atomic E-state index is 12.9. The first-order valence-electron chi connectivity index (χ1n) is 8.79. The molecule has 1 unspecified atom stereocenters. The number of anilines is 2. The maximum absolute atomic E-state index is 12.9. The average Bonchev–Trinajstić information content (AvgIpc) is 2.63. The highest BCUT2D eigenvalue weighted by Crippen LogP contribution is 2.44. The average molecular weight is 362 g/mol. The van der Waals surface area contributed by atoms with E-state index in [-0.39, 0.29) is 11.7 Å². The molecule has 1 atom stereocenters. The molecular formula is C23H20ClNO. The number of aryl methyl sites for hydroxylation is 2. The maximum Gasteiger partial charge on any atom is 0.163 e. The van der Waals surface area contributed by atoms with E-state index in [1.165, 1.54) is 22.3 Å². The Hall–Kier alpha value is -2.58. The van der Waals surface area contributed by atoms with Crippen LogP contribution in [0.2, 0.25) is 5.02 Å². The van der Waals surface area contributed by atoms with Gasteiger partial charge in [-0.05, 0) is 72.5 Å². The molecule has 0 aromatic heterocycles. The van der Waals surface area contributed by atoms with Crippen LogP contribution in [-0.4, -0.2) is 5.78 Å². The zero-order valence-corrected chi connectivity index (χ0v) is 15.6. The normalized spacial score (nSPS) is 15.0. The van der Waals surface area contributed by atoms with E-state index in [1.54, 1.807) is 24.3 Å². The number of para-hydroxylation sites is 1. The molecule has 0 aliphatic carbocycles. The lowest BCUT2D eigenvalue weighted by molar-refractivity contribution is 0.0977. The highest BCUT2D eigenvalue weighted by molar-refractivity contribution is 6.30. The van der Waals surface area contributed by atoms with Gasteiger partial charge in [-0.1, -0.05) is 35.9 Å². The van der Waals surface area contributed by atoms with Gasteiger partial charge in [0.25, 0.3) is 0 Å². The van der Waals surface area contributed by atoms with Gasteiger partial charge in [-0.15, -0.1) is 0 Å². The topological polar surface area (TPSA) is 29.1 Å². The van der Waals surface area contributed by atoms with Gasteiger partial charge in [0.05, 0.1) is 0 Å². The van der Waals surface area contributed by atoms with Crippen molar-refractivity contribution in [1.29, 1.82) is 0 Å². The van der Waals surface area contributed by atoms with E-state index in [9.17, 15) is 4.79 Å². The second-order valence-corrected chi connectivity index (χ2v) is 7.36. The van der Waals surface area contributed by atoms with Crippen molar-refractivity contribution in [2.75, 3.05) is 5.32 Å². The molecule has 4 rings (SSSR count). The van der Waals surface area contributed by atoms with Crippen molar-refractivity contribution in [2.24, 2.45) is 0 Å². The molecule has 3 aromatic rings. The van der Waals surface area contributed by atoms with E-state index >= 15 is 0 Å². The molecule has 130 valence electrons. The molecule has 0 bridgehead atoms. The summed E-state index contributed by atoms with van der Waals surface area (Å²) in [7, 11) is 0. The minimum absolute atomic E-state index is 0.0462. The molecular weight excluding hydrogens is 342 g/mol. The van der Waals surface area contributed by atoms with Crippen LogP contribution in [0.1, 0.15) is 45.0 Å². The first-order chi connectivity index (χ1) is 12.5. The molecule has 0 amide bonds. The minimum Gasteiger partial charge on any atom is -0.355 e. The van der Waals surface area contributed by atoms with Crippen LogP contribution in [0, 0.1) is 13.8 Å². The van der Waals surface area contributed by atoms with Gasteiger partial charge in [0.15, 0.2) is 5.78 Å². The molecule has 0 fully saturated rings. The smallest absolute Gasteiger partial charge is 0.163 e. The largest absolute Gasteiger partial charge is 0.355 e. The van der Waals surface area contributed by atoms with Crippen molar-refractivity contribution >= 4 is 28.8 Å². The summed E-state index contributed by atoms with van der Waals surface area (Å²) in [6.07, 6.45) is 0.440. The van der Waals surface area contributed by atoms with Crippen molar-refractivity contribution in [1.82, 2.24) is 0 Å². The van der Waals surface area contributed by atoms with E-state index < -0.39 is 0 Å². The number of carbonyl (C=O) groups excluding carboxylic acids is 1. The number of halogens is 1. The first-order valence-corrected chi connectivity index (χ1v) is 9.16. The molecule has 0 saturated heterocycles. The van der Waals surface area contributed by atoms with E-state index in [2.05, 4.69) is 43.4 Å². The number of ketones is 1. The number of hydrogen-bond acceptors (Lipinski definition) is 2. The number of rotatable bonds is 3. The van der Waals surface area contributed by atoms with E-state index in [1.807, 2.05) is 12.1 Å². The first kappa shape index (κ1) is 16.9. The number of hydrogen-bond donors (Lipinski definition) is 1. The zero-order chi connectivity index (χ0) is 18.3. The summed E-state index contributed by atoms with van der Waals surface area (Å²) in [5.41, 5.74) is 7.74. The molecule has 0 radical (unpaired) electrons. The summed E-state index contributed by atoms with van der Waals surface area (Å²) in [6.45, 7) is 4.24. The predicted molar refractivity (Wildman–Crippen MR) is 108 cm³/mol. The van der Waals surface area contributed by atoms with Gasteiger partial charge in [-0.2, -0.15) is 0 Å². The summed E-state index contributed by atoms with van der Waals surface area (Å²) >= 11 is 5.95. The molecule has 1 aliphatic rings. The molecule has 26 heavy (non-hydrogen) atoms. The van der Waals surface area contributed by atoms with Crippen molar-refractivity contribution in [3.63, 3.8) is 0 Å². The molecule has 1 N–H and O–H groups in total. The number of Topliss-reactive ketones (excluding diaryl/α,β-unsaturated/α-hetero) is 1. The van der Waals surface area contributed by atoms with Crippen LogP contribution in [0.15, 0.2) is 60.7 Å². The molecule has 0 saturated carbocycles. The van der Waals surface area contributed by atoms with E-state index in [0.29, 0.717) is 17.0 Å². The molecule has 3 aromatic carbocycles. The van der Waals surface area contributed by atoms with Gasteiger partial charge in [-0.3, -0.25) is 4.79 Å². The molecule has 3 heteroatoms. The molecule has 1 heterocycles. The third kappa shape index (κ3) is 3.02. The summed E-state index contributed by atoms with van der Waals surface area (Å²) < 4.78 is 0. The monoisotopic (exact) mass is 361 g/mol. The summed E-state index contributed by atoms with van der Waals surface area (Å²) in [5, 5.41) is 4.17. The fraction of sp³-hybridized carbons (Fsp3) is 0.174. The highest BCUT2D eigenvalue weighted by atomic mass is 35.5. The van der Waals surface area contributed by atoms with Crippen LogP contribution in [0.5, 0.6) is 0 Å². The Morgan fingerprint density at radius 2 is 1.62 bits per heavy atom. The Balaban J connectivity index is 1.76. The SMILES string of the molecule is Cc1cc2c(cc1C)C(CC(=O)c1ccc(Cl)cc1)c1ccccc1N2. The van der Waals surface area contributed by atoms with Crippen molar-refractivity contribution in [3.05, 3.63) is 93.5 Å². The Bertz CT molecular complexity index is 992. The highest BCUT2D eigenvalue weighted by Gasteiger charge is 2.28. The predicted octanol–water partition coefficient (Wildman–Crippen LogP) is 6.42. The summed E-state index contributed by atoms with van der Waals surface area (Å²) in [4.78, 5) is 12.9. The lowest BCUT2D eigenvalue weighted by Gasteiger charge is -2.30. The Kier molecular flexibility index (Phi) is 4.29. The quantitative estimate of drug-likeness (QED) is 0.545. The van der Waals surface area contributed by atoms with Crippen molar-refractivity contribution in [3.8, 4) is 0 Å². The summed E-state index contributed by atoms with van der Waals surface area (Å²) in [5.74, 6) is 0.178. The minimum atomic E-state index is 0.0462. The van der Waals surface area contributed by atoms with E-state index in [4.69, 9.17) is 11.6 Å². The number of fused-ring (bicyclic) bond motifs is 2. The Labute approximate surface area is 158 Å². The lowest BCUT2D eigenvalue weighted by Crippen LogP contribution is -2.17. The van der Waals surface area contributed by atoms with Gasteiger partial charge in [-0.25, -0.2) is 0 Å². The van der Waals surface area contributed by atoms with Crippen LogP contribution in [0.4, 0.5) is 11.4 Å². The fourth-order valence-electron chi connectivity index (χ4n) is 3.62. The Morgan fingerprint density at radius 1 is 0.923 bits per heavy atom. The van der Waals surface area contributed by atoms with Gasteiger partial charge < -0.3 is 5.32 Å². The third-order valence-electron chi connectivity index (χ3n) is 5.20. The van der Waals surface area contributed by atoms with Crippen LogP contribution in [0.25, 0.3) is 0 Å². The number of nitrogens with one attached hydrogen (secondary N) is 1. The van der Waals surface area contributed by atoms with Crippen LogP contribution in [-0.2, 0) is 0 Å². The third-order valence-corrected chi connectivity index (χ3v) is 5.45. The standard InChI is InChI=1S/C23H20ClNO/c1-14-11-20-19(13-23(26)16-7-9-17(24)10-8-16)18-5-3-4-6-21(18)25-22(20)12-15(14)2/h3-12,19,25H,13H2,1-2H3. The van der Waals surface area contributed by atoms with Gasteiger partial charge in [0, 0.05) is 34.3 Å². The lowest BCUT2D eigenvalue weighted by atomic mass is 9.80. The number of benzene rings is 3. The second-order valence-electron chi connectivity index (χ2n) is 6.92. The van der Waals surface area contributed by atoms with Gasteiger partial charge >= 0.3 is 0 Å². The molecule has 0 spiro atoms. The van der Waals surface area contributed by atoms with Crippen molar-refractivity contribution in [2.45, 2.75) is 26.2 Å². The van der Waals surface area contributed by atoms with Crippen LogP contribution in [0.3, 0.4) is 0 Å². The summed E-state index contributed by atoms with van der Waals surface area (Å²) in [6, 6.07) is 19.8. The van der Waals surface area contributed by atoms with E-state index in [0.717, 1.165) is 11.4 Å². The molecule has 2 nitrogen and oxygen atoms in total. The zero-order valence-electron chi connectivity index (χ0n) is 14.8. The Morgan fingerprint density at radius 3 is 2.38 bits per heavy atom. The molecule has 1 aliphatic heterocycles. The van der Waals surface area contributed by atoms with Crippen LogP contribution < -0.4 is 5.32 Å². The van der Waals surface area contributed by atoms with Crippen molar-refractivity contribution < 1.29 is 4.79 Å². The second kappa shape index (κ2) is 6.62.